The molecule has 0 aliphatic rings. The Bertz CT molecular complexity index is 1110. The number of benzene rings is 2. The molecular weight excluding hydrogens is 382 g/mol. The third-order valence-electron chi connectivity index (χ3n) is 4.41. The van der Waals surface area contributed by atoms with Crippen molar-refractivity contribution in [3.63, 3.8) is 0 Å². The van der Waals surface area contributed by atoms with Crippen molar-refractivity contribution < 1.29 is 22.7 Å². The number of methoxy groups -OCH3 is 2. The van der Waals surface area contributed by atoms with Crippen molar-refractivity contribution >= 4 is 26.8 Å². The molecule has 0 saturated carbocycles. The smallest absolute Gasteiger partial charge is 0.241 e. The maximum absolute atomic E-state index is 12.8. The number of hydrogen-bond donors (Lipinski definition) is 3. The standard InChI is InChI=1S/C19H21N3O5S/c1-26-17-8-7-13(10-18(17)27-2)28(24,25)22-16(19(20)23)9-12-11-21-15-6-4-3-5-14(12)15/h3-8,10-11,16,21-22H,9H2,1-2H3,(H2,20,23). The number of aromatic amines is 1. The van der Waals surface area contributed by atoms with Gasteiger partial charge in [0.2, 0.25) is 15.9 Å². The molecule has 1 atom stereocenters. The highest BCUT2D eigenvalue weighted by atomic mass is 32.2. The highest BCUT2D eigenvalue weighted by Gasteiger charge is 2.26. The molecule has 0 aliphatic carbocycles. The van der Waals surface area contributed by atoms with Crippen molar-refractivity contribution in [3.8, 4) is 11.5 Å². The van der Waals surface area contributed by atoms with E-state index in [-0.39, 0.29) is 17.1 Å². The van der Waals surface area contributed by atoms with Crippen LogP contribution in [-0.2, 0) is 21.2 Å². The molecule has 28 heavy (non-hydrogen) atoms. The van der Waals surface area contributed by atoms with Crippen LogP contribution in [0.4, 0.5) is 0 Å². The molecule has 9 heteroatoms. The third-order valence-corrected chi connectivity index (χ3v) is 5.87. The number of carbonyl (C=O) groups excluding carboxylic acids is 1. The van der Waals surface area contributed by atoms with Gasteiger partial charge in [0, 0.05) is 23.2 Å². The van der Waals surface area contributed by atoms with E-state index in [9.17, 15) is 13.2 Å². The predicted octanol–water partition coefficient (Wildman–Crippen LogP) is 1.56. The van der Waals surface area contributed by atoms with Gasteiger partial charge < -0.3 is 20.2 Å². The molecule has 2 aromatic carbocycles. The number of fused-ring (bicyclic) bond motifs is 1. The van der Waals surface area contributed by atoms with E-state index in [2.05, 4.69) is 9.71 Å². The molecule has 1 amide bonds. The van der Waals surface area contributed by atoms with Crippen LogP contribution in [0.2, 0.25) is 0 Å². The van der Waals surface area contributed by atoms with Crippen LogP contribution in [0.15, 0.2) is 53.6 Å². The second kappa shape index (κ2) is 7.91. The molecule has 0 aliphatic heterocycles. The van der Waals surface area contributed by atoms with Crippen molar-refractivity contribution in [1.82, 2.24) is 9.71 Å². The number of nitrogens with two attached hydrogens (primary N) is 1. The Balaban J connectivity index is 1.88. The Hall–Kier alpha value is -3.04. The lowest BCUT2D eigenvalue weighted by Gasteiger charge is -2.16. The Morgan fingerprint density at radius 2 is 1.86 bits per heavy atom. The van der Waals surface area contributed by atoms with Crippen molar-refractivity contribution in [2.24, 2.45) is 5.73 Å². The molecule has 148 valence electrons. The van der Waals surface area contributed by atoms with Gasteiger partial charge in [-0.25, -0.2) is 8.42 Å². The Morgan fingerprint density at radius 1 is 1.14 bits per heavy atom. The quantitative estimate of drug-likeness (QED) is 0.527. The summed E-state index contributed by atoms with van der Waals surface area (Å²) in [4.78, 5) is 15.0. The van der Waals surface area contributed by atoms with Crippen LogP contribution in [0.1, 0.15) is 5.56 Å². The molecule has 8 nitrogen and oxygen atoms in total. The largest absolute Gasteiger partial charge is 0.493 e. The van der Waals surface area contributed by atoms with Gasteiger partial charge in [-0.3, -0.25) is 4.79 Å². The van der Waals surface area contributed by atoms with Gasteiger partial charge in [0.15, 0.2) is 11.5 Å². The SMILES string of the molecule is COc1ccc(S(=O)(=O)NC(Cc2c[nH]c3ccccc23)C(N)=O)cc1OC. The van der Waals surface area contributed by atoms with E-state index >= 15 is 0 Å². The molecule has 1 aromatic heterocycles. The summed E-state index contributed by atoms with van der Waals surface area (Å²) in [5, 5.41) is 0.902. The highest BCUT2D eigenvalue weighted by molar-refractivity contribution is 7.89. The lowest BCUT2D eigenvalue weighted by molar-refractivity contribution is -0.119. The normalized spacial score (nSPS) is 12.6. The second-order valence-corrected chi connectivity index (χ2v) is 7.87. The molecule has 0 bridgehead atoms. The van der Waals surface area contributed by atoms with Crippen LogP contribution in [0.3, 0.4) is 0 Å². The topological polar surface area (TPSA) is 124 Å². The summed E-state index contributed by atoms with van der Waals surface area (Å²) in [7, 11) is -1.15. The number of hydrogen-bond acceptors (Lipinski definition) is 5. The van der Waals surface area contributed by atoms with Gasteiger partial charge in [0.05, 0.1) is 19.1 Å². The first-order valence-electron chi connectivity index (χ1n) is 8.44. The molecular formula is C19H21N3O5S. The number of aromatic nitrogens is 1. The summed E-state index contributed by atoms with van der Waals surface area (Å²) in [5.41, 5.74) is 7.14. The molecule has 0 saturated heterocycles. The van der Waals surface area contributed by atoms with Crippen molar-refractivity contribution in [3.05, 3.63) is 54.2 Å². The van der Waals surface area contributed by atoms with E-state index in [0.717, 1.165) is 16.5 Å². The maximum atomic E-state index is 12.8. The van der Waals surface area contributed by atoms with Crippen LogP contribution < -0.4 is 19.9 Å². The average Bonchev–Trinajstić information content (AvgIpc) is 3.09. The zero-order chi connectivity index (χ0) is 20.3. The van der Waals surface area contributed by atoms with Gasteiger partial charge in [-0.15, -0.1) is 0 Å². The number of amides is 1. The Labute approximate surface area is 162 Å². The molecule has 0 fully saturated rings. The first-order chi connectivity index (χ1) is 13.4. The van der Waals surface area contributed by atoms with Gasteiger partial charge in [0.25, 0.3) is 0 Å². The molecule has 0 radical (unpaired) electrons. The van der Waals surface area contributed by atoms with Crippen LogP contribution in [-0.4, -0.2) is 39.6 Å². The van der Waals surface area contributed by atoms with Crippen LogP contribution in [0.5, 0.6) is 11.5 Å². The average molecular weight is 403 g/mol. The fraction of sp³-hybridized carbons (Fsp3) is 0.211. The van der Waals surface area contributed by atoms with E-state index in [1.807, 2.05) is 24.3 Å². The number of para-hydroxylation sites is 1. The number of rotatable bonds is 8. The van der Waals surface area contributed by atoms with E-state index in [4.69, 9.17) is 15.2 Å². The summed E-state index contributed by atoms with van der Waals surface area (Å²) < 4.78 is 38.2. The number of primary amides is 1. The first kappa shape index (κ1) is 19.7. The van der Waals surface area contributed by atoms with Crippen LogP contribution >= 0.6 is 0 Å². The fourth-order valence-electron chi connectivity index (χ4n) is 2.96. The van der Waals surface area contributed by atoms with Crippen molar-refractivity contribution in [1.29, 1.82) is 0 Å². The van der Waals surface area contributed by atoms with Gasteiger partial charge >= 0.3 is 0 Å². The Kier molecular flexibility index (Phi) is 5.57. The summed E-state index contributed by atoms with van der Waals surface area (Å²) in [6, 6.07) is 10.6. The zero-order valence-electron chi connectivity index (χ0n) is 15.4. The van der Waals surface area contributed by atoms with Gasteiger partial charge in [-0.05, 0) is 30.2 Å². The first-order valence-corrected chi connectivity index (χ1v) is 9.92. The summed E-state index contributed by atoms with van der Waals surface area (Å²) in [6.07, 6.45) is 1.86. The van der Waals surface area contributed by atoms with Gasteiger partial charge in [-0.1, -0.05) is 18.2 Å². The lowest BCUT2D eigenvalue weighted by atomic mass is 10.1. The lowest BCUT2D eigenvalue weighted by Crippen LogP contribution is -2.45. The van der Waals surface area contributed by atoms with E-state index in [1.165, 1.54) is 32.4 Å². The summed E-state index contributed by atoms with van der Waals surface area (Å²) in [5.74, 6) is -0.112. The second-order valence-electron chi connectivity index (χ2n) is 6.16. The van der Waals surface area contributed by atoms with E-state index in [0.29, 0.717) is 5.75 Å². The number of H-pyrrole nitrogens is 1. The Morgan fingerprint density at radius 3 is 2.54 bits per heavy atom. The molecule has 1 heterocycles. The van der Waals surface area contributed by atoms with Crippen molar-refractivity contribution in [2.75, 3.05) is 14.2 Å². The molecule has 1 unspecified atom stereocenters. The zero-order valence-corrected chi connectivity index (χ0v) is 16.2. The molecule has 3 aromatic rings. The van der Waals surface area contributed by atoms with Gasteiger partial charge in [0.1, 0.15) is 6.04 Å². The van der Waals surface area contributed by atoms with Gasteiger partial charge in [-0.2, -0.15) is 4.72 Å². The monoisotopic (exact) mass is 403 g/mol. The minimum Gasteiger partial charge on any atom is -0.493 e. The van der Waals surface area contributed by atoms with Crippen LogP contribution in [0.25, 0.3) is 10.9 Å². The predicted molar refractivity (Wildman–Crippen MR) is 105 cm³/mol. The maximum Gasteiger partial charge on any atom is 0.241 e. The summed E-state index contributed by atoms with van der Waals surface area (Å²) >= 11 is 0. The number of ether oxygens (including phenoxy) is 2. The molecule has 3 rings (SSSR count). The number of sulfonamides is 1. The number of carbonyl (C=O) groups is 1. The fourth-order valence-corrected chi connectivity index (χ4v) is 4.18. The third kappa shape index (κ3) is 3.95. The highest BCUT2D eigenvalue weighted by Crippen LogP contribution is 2.29. The van der Waals surface area contributed by atoms with E-state index < -0.39 is 22.0 Å². The molecule has 0 spiro atoms. The summed E-state index contributed by atoms with van der Waals surface area (Å²) in [6.45, 7) is 0. The minimum atomic E-state index is -4.02. The molecule has 4 N–H and O–H groups in total. The number of nitrogens with one attached hydrogen (secondary N) is 2. The van der Waals surface area contributed by atoms with E-state index in [1.54, 1.807) is 6.20 Å². The van der Waals surface area contributed by atoms with Crippen molar-refractivity contribution in [2.45, 2.75) is 17.4 Å². The van der Waals surface area contributed by atoms with Crippen LogP contribution in [0, 0.1) is 0 Å². The minimum absolute atomic E-state index is 0.0599.